The van der Waals surface area contributed by atoms with E-state index in [0.717, 1.165) is 38.5 Å². The Morgan fingerprint density at radius 1 is 0.321 bits per heavy atom. The van der Waals surface area contributed by atoms with Gasteiger partial charge < -0.3 is 20.3 Å². The Kier molecular flexibility index (Phi) is 72.3. The summed E-state index contributed by atoms with van der Waals surface area (Å²) in [7, 11) is 0. The van der Waals surface area contributed by atoms with Gasteiger partial charge in [0.05, 0.1) is 25.4 Å². The third-order valence-electron chi connectivity index (χ3n) is 18.2. The standard InChI is InChI=1S/C78H151NO5/c1-3-5-7-9-11-13-15-17-19-21-23-35-38-42-46-50-54-58-62-66-70-76(81)75(74-80)79-77(82)71-67-63-59-55-51-47-43-39-36-32-30-28-26-24-25-27-29-31-33-37-41-45-49-53-57-61-65-69-73-84-78(83)72-68-64-60-56-52-48-44-40-34-22-20-18-16-14-12-10-8-6-4-2/h18,20,24-25,75-76,80-81H,3-17,19,21-23,26-74H2,1-2H3,(H,79,82)/b20-18-,25-24-. The lowest BCUT2D eigenvalue weighted by atomic mass is 10.0. The van der Waals surface area contributed by atoms with Crippen LogP contribution < -0.4 is 5.32 Å². The molecule has 2 atom stereocenters. The molecular formula is C78H151NO5. The van der Waals surface area contributed by atoms with Gasteiger partial charge in [-0.15, -0.1) is 0 Å². The number of amides is 1. The monoisotopic (exact) mass is 1180 g/mol. The molecule has 0 saturated carbocycles. The normalized spacial score (nSPS) is 12.6. The number of aliphatic hydroxyl groups excluding tert-OH is 2. The Labute approximate surface area is 526 Å². The van der Waals surface area contributed by atoms with Gasteiger partial charge in [0.15, 0.2) is 0 Å². The fraction of sp³-hybridized carbons (Fsp3) is 0.923. The second-order valence-electron chi connectivity index (χ2n) is 26.7. The molecule has 1 amide bonds. The molecular weight excluding hydrogens is 1030 g/mol. The van der Waals surface area contributed by atoms with Crippen LogP contribution >= 0.6 is 0 Å². The van der Waals surface area contributed by atoms with Crippen molar-refractivity contribution in [3.63, 3.8) is 0 Å². The Hall–Kier alpha value is -1.66. The summed E-state index contributed by atoms with van der Waals surface area (Å²) in [6.45, 7) is 5.00. The number of carbonyl (C=O) groups excluding carboxylic acids is 2. The molecule has 2 unspecified atom stereocenters. The molecule has 0 bridgehead atoms. The van der Waals surface area contributed by atoms with Crippen LogP contribution in [0.3, 0.4) is 0 Å². The molecule has 0 heterocycles. The van der Waals surface area contributed by atoms with Crippen LogP contribution in [0.5, 0.6) is 0 Å². The van der Waals surface area contributed by atoms with Gasteiger partial charge >= 0.3 is 5.97 Å². The van der Waals surface area contributed by atoms with E-state index in [-0.39, 0.29) is 18.5 Å². The summed E-state index contributed by atoms with van der Waals surface area (Å²) in [4.78, 5) is 24.7. The number of rotatable bonds is 73. The van der Waals surface area contributed by atoms with Gasteiger partial charge in [0, 0.05) is 12.8 Å². The average Bonchev–Trinajstić information content (AvgIpc) is 3.51. The number of unbranched alkanes of at least 4 members (excludes halogenated alkanes) is 58. The summed E-state index contributed by atoms with van der Waals surface area (Å²) in [6, 6.07) is -0.542. The van der Waals surface area contributed by atoms with E-state index in [9.17, 15) is 19.8 Å². The van der Waals surface area contributed by atoms with Crippen LogP contribution in [-0.4, -0.2) is 47.4 Å². The maximum absolute atomic E-state index is 12.6. The third-order valence-corrected chi connectivity index (χ3v) is 18.2. The molecule has 0 aliphatic heterocycles. The zero-order valence-corrected chi connectivity index (χ0v) is 57.2. The van der Waals surface area contributed by atoms with Crippen LogP contribution in [0, 0.1) is 0 Å². The van der Waals surface area contributed by atoms with Crippen molar-refractivity contribution in [2.24, 2.45) is 0 Å². The molecule has 0 spiro atoms. The Bertz CT molecular complexity index is 1320. The molecule has 0 saturated heterocycles. The van der Waals surface area contributed by atoms with Crippen molar-refractivity contribution in [3.8, 4) is 0 Å². The van der Waals surface area contributed by atoms with E-state index in [1.165, 1.54) is 366 Å². The number of hydrogen-bond donors (Lipinski definition) is 3. The average molecular weight is 1180 g/mol. The minimum atomic E-state index is -0.665. The van der Waals surface area contributed by atoms with Crippen LogP contribution in [0.1, 0.15) is 438 Å². The number of allylic oxidation sites excluding steroid dienone is 4. The van der Waals surface area contributed by atoms with Crippen molar-refractivity contribution in [1.82, 2.24) is 5.32 Å². The molecule has 0 aromatic rings. The Balaban J connectivity index is 3.36. The van der Waals surface area contributed by atoms with E-state index in [4.69, 9.17) is 4.74 Å². The molecule has 0 aromatic heterocycles. The quantitative estimate of drug-likeness (QED) is 0.0320. The predicted octanol–water partition coefficient (Wildman–Crippen LogP) is 25.3. The van der Waals surface area contributed by atoms with Crippen molar-refractivity contribution in [2.75, 3.05) is 13.2 Å². The van der Waals surface area contributed by atoms with E-state index >= 15 is 0 Å². The molecule has 6 heteroatoms. The number of hydrogen-bond acceptors (Lipinski definition) is 5. The predicted molar refractivity (Wildman–Crippen MR) is 370 cm³/mol. The van der Waals surface area contributed by atoms with Gasteiger partial charge in [0.2, 0.25) is 5.91 Å². The highest BCUT2D eigenvalue weighted by Crippen LogP contribution is 2.20. The van der Waals surface area contributed by atoms with Gasteiger partial charge in [0.1, 0.15) is 0 Å². The summed E-state index contributed by atoms with van der Waals surface area (Å²) in [5.74, 6) is -0.0136. The first-order valence-electron chi connectivity index (χ1n) is 38.6. The van der Waals surface area contributed by atoms with Crippen molar-refractivity contribution in [3.05, 3.63) is 24.3 Å². The molecule has 0 aliphatic rings. The van der Waals surface area contributed by atoms with Crippen molar-refractivity contribution in [2.45, 2.75) is 450 Å². The van der Waals surface area contributed by atoms with Crippen LogP contribution in [0.15, 0.2) is 24.3 Å². The fourth-order valence-electron chi connectivity index (χ4n) is 12.3. The number of nitrogens with one attached hydrogen (secondary N) is 1. The number of aliphatic hydroxyl groups is 2. The van der Waals surface area contributed by atoms with Gasteiger partial charge in [-0.3, -0.25) is 9.59 Å². The minimum Gasteiger partial charge on any atom is -0.466 e. The maximum Gasteiger partial charge on any atom is 0.305 e. The summed E-state index contributed by atoms with van der Waals surface area (Å²) >= 11 is 0. The van der Waals surface area contributed by atoms with Crippen molar-refractivity contribution >= 4 is 11.9 Å². The molecule has 0 fully saturated rings. The van der Waals surface area contributed by atoms with Gasteiger partial charge in [-0.2, -0.15) is 0 Å². The van der Waals surface area contributed by atoms with Gasteiger partial charge in [-0.1, -0.05) is 372 Å². The summed E-state index contributed by atoms with van der Waals surface area (Å²) in [5, 5.41) is 23.4. The highest BCUT2D eigenvalue weighted by atomic mass is 16.5. The molecule has 0 aromatic carbocycles. The highest BCUT2D eigenvalue weighted by Gasteiger charge is 2.20. The Morgan fingerprint density at radius 3 is 0.845 bits per heavy atom. The van der Waals surface area contributed by atoms with Gasteiger partial charge in [-0.05, 0) is 77.0 Å². The lowest BCUT2D eigenvalue weighted by Gasteiger charge is -2.22. The molecule has 0 aliphatic carbocycles. The Morgan fingerprint density at radius 2 is 0.560 bits per heavy atom. The zero-order valence-electron chi connectivity index (χ0n) is 57.2. The van der Waals surface area contributed by atoms with Crippen LogP contribution in [0.4, 0.5) is 0 Å². The van der Waals surface area contributed by atoms with E-state index in [1.807, 2.05) is 0 Å². The van der Waals surface area contributed by atoms with E-state index in [1.54, 1.807) is 0 Å². The topological polar surface area (TPSA) is 95.9 Å². The first kappa shape index (κ1) is 82.3. The maximum atomic E-state index is 12.6. The summed E-state index contributed by atoms with van der Waals surface area (Å²) in [5.41, 5.74) is 0. The molecule has 498 valence electrons. The first-order valence-corrected chi connectivity index (χ1v) is 38.6. The molecule has 0 rings (SSSR count). The number of esters is 1. The van der Waals surface area contributed by atoms with Gasteiger partial charge in [-0.25, -0.2) is 0 Å². The van der Waals surface area contributed by atoms with E-state index in [2.05, 4.69) is 43.5 Å². The van der Waals surface area contributed by atoms with E-state index in [0.29, 0.717) is 25.9 Å². The SMILES string of the molecule is CCCCCCCC/C=C\CCCCCCCCCCCC(=O)OCCCCCCCCCCCCCC/C=C\CCCCCCCCCCCCCCC(=O)NC(CO)C(O)CCCCCCCCCCCCCCCCCCCCCC. The molecule has 3 N–H and O–H groups in total. The smallest absolute Gasteiger partial charge is 0.305 e. The second-order valence-corrected chi connectivity index (χ2v) is 26.7. The van der Waals surface area contributed by atoms with Crippen LogP contribution in [-0.2, 0) is 14.3 Å². The molecule has 84 heavy (non-hydrogen) atoms. The lowest BCUT2D eigenvalue weighted by molar-refractivity contribution is -0.143. The minimum absolute atomic E-state index is 0.0165. The molecule has 0 radical (unpaired) electrons. The second kappa shape index (κ2) is 73.8. The fourth-order valence-corrected chi connectivity index (χ4v) is 12.3. The van der Waals surface area contributed by atoms with E-state index < -0.39 is 12.1 Å². The number of ether oxygens (including phenoxy) is 1. The van der Waals surface area contributed by atoms with Crippen LogP contribution in [0.25, 0.3) is 0 Å². The third kappa shape index (κ3) is 69.4. The van der Waals surface area contributed by atoms with Crippen molar-refractivity contribution < 1.29 is 24.5 Å². The largest absolute Gasteiger partial charge is 0.466 e. The first-order chi connectivity index (χ1) is 41.5. The van der Waals surface area contributed by atoms with Crippen molar-refractivity contribution in [1.29, 1.82) is 0 Å². The van der Waals surface area contributed by atoms with Gasteiger partial charge in [0.25, 0.3) is 0 Å². The van der Waals surface area contributed by atoms with Crippen LogP contribution in [0.2, 0.25) is 0 Å². The summed E-state index contributed by atoms with van der Waals surface area (Å²) in [6.07, 6.45) is 93.9. The summed E-state index contributed by atoms with van der Waals surface area (Å²) < 4.78 is 5.51. The molecule has 6 nitrogen and oxygen atoms in total. The lowest BCUT2D eigenvalue weighted by Crippen LogP contribution is -2.45. The highest BCUT2D eigenvalue weighted by molar-refractivity contribution is 5.76. The zero-order chi connectivity index (χ0) is 60.6. The number of carbonyl (C=O) groups is 2.